The van der Waals surface area contributed by atoms with E-state index in [1.54, 1.807) is 11.3 Å². The number of thiophene rings is 1. The van der Waals surface area contributed by atoms with Crippen molar-refractivity contribution in [2.75, 3.05) is 5.32 Å². The lowest BCUT2D eigenvalue weighted by molar-refractivity contribution is 1.06. The second-order valence-corrected chi connectivity index (χ2v) is 5.40. The van der Waals surface area contributed by atoms with E-state index in [9.17, 15) is 0 Å². The molecule has 3 N–H and O–H groups in total. The van der Waals surface area contributed by atoms with Crippen LogP contribution in [0.1, 0.15) is 30.5 Å². The van der Waals surface area contributed by atoms with Crippen LogP contribution in [-0.2, 0) is 19.4 Å². The number of hydrogen-bond donors (Lipinski definition) is 2. The Hall–Kier alpha value is -1.81. The number of benzene rings is 1. The summed E-state index contributed by atoms with van der Waals surface area (Å²) in [7, 11) is 0. The summed E-state index contributed by atoms with van der Waals surface area (Å²) in [6.45, 7) is 4.93. The van der Waals surface area contributed by atoms with E-state index in [1.165, 1.54) is 16.7 Å². The van der Waals surface area contributed by atoms with Crippen LogP contribution >= 0.6 is 11.3 Å². The summed E-state index contributed by atoms with van der Waals surface area (Å²) in [5.74, 6) is 0.479. The van der Waals surface area contributed by atoms with E-state index in [0.29, 0.717) is 12.5 Å². The van der Waals surface area contributed by atoms with Gasteiger partial charge in [-0.15, -0.1) is 0 Å². The number of para-hydroxylation sites is 1. The molecule has 0 unspecified atom stereocenters. The molecular formula is C16H21N3S. The van der Waals surface area contributed by atoms with Gasteiger partial charge in [0.1, 0.15) is 0 Å². The first-order valence-corrected chi connectivity index (χ1v) is 7.87. The molecule has 106 valence electrons. The molecule has 0 spiro atoms. The van der Waals surface area contributed by atoms with E-state index in [1.807, 2.05) is 0 Å². The number of aryl methyl sites for hydroxylation is 2. The Morgan fingerprint density at radius 1 is 1.20 bits per heavy atom. The quantitative estimate of drug-likeness (QED) is 0.649. The van der Waals surface area contributed by atoms with Crippen molar-refractivity contribution in [3.05, 3.63) is 51.7 Å². The van der Waals surface area contributed by atoms with Crippen molar-refractivity contribution in [3.63, 3.8) is 0 Å². The van der Waals surface area contributed by atoms with Crippen LogP contribution in [0.5, 0.6) is 0 Å². The first-order valence-electron chi connectivity index (χ1n) is 6.93. The molecule has 2 rings (SSSR count). The number of aliphatic imine (C=N–C) groups is 1. The first-order chi connectivity index (χ1) is 9.74. The zero-order chi connectivity index (χ0) is 14.4. The molecule has 0 bridgehead atoms. The largest absolute Gasteiger partial charge is 0.370 e. The number of rotatable bonds is 5. The highest BCUT2D eigenvalue weighted by atomic mass is 32.1. The molecule has 1 heterocycles. The van der Waals surface area contributed by atoms with Crippen molar-refractivity contribution in [2.24, 2.45) is 10.7 Å². The molecule has 0 saturated heterocycles. The lowest BCUT2D eigenvalue weighted by Crippen LogP contribution is -2.24. The molecule has 0 fully saturated rings. The first kappa shape index (κ1) is 14.6. The van der Waals surface area contributed by atoms with Gasteiger partial charge in [0, 0.05) is 5.69 Å². The van der Waals surface area contributed by atoms with Crippen LogP contribution in [0.25, 0.3) is 0 Å². The van der Waals surface area contributed by atoms with Crippen LogP contribution < -0.4 is 11.1 Å². The summed E-state index contributed by atoms with van der Waals surface area (Å²) in [5.41, 5.74) is 10.9. The highest BCUT2D eigenvalue weighted by Crippen LogP contribution is 2.22. The minimum Gasteiger partial charge on any atom is -0.370 e. The number of nitrogens with two attached hydrogens (primary N) is 1. The molecule has 0 aliphatic heterocycles. The van der Waals surface area contributed by atoms with Gasteiger partial charge in [0.15, 0.2) is 5.96 Å². The Bertz CT molecular complexity index is 551. The van der Waals surface area contributed by atoms with Crippen LogP contribution in [0, 0.1) is 0 Å². The zero-order valence-corrected chi connectivity index (χ0v) is 12.8. The van der Waals surface area contributed by atoms with Crippen LogP contribution in [-0.4, -0.2) is 5.96 Å². The number of anilines is 1. The van der Waals surface area contributed by atoms with Crippen LogP contribution in [0.3, 0.4) is 0 Å². The Morgan fingerprint density at radius 3 is 2.45 bits per heavy atom. The fraction of sp³-hybridized carbons (Fsp3) is 0.312. The minimum atomic E-state index is 0.479. The highest BCUT2D eigenvalue weighted by Gasteiger charge is 2.06. The Morgan fingerprint density at radius 2 is 1.90 bits per heavy atom. The molecule has 0 aliphatic carbocycles. The molecule has 0 atom stereocenters. The van der Waals surface area contributed by atoms with Crippen molar-refractivity contribution in [3.8, 4) is 0 Å². The number of hydrogen-bond acceptors (Lipinski definition) is 2. The third-order valence-electron chi connectivity index (χ3n) is 3.26. The van der Waals surface area contributed by atoms with Crippen molar-refractivity contribution in [2.45, 2.75) is 33.2 Å². The van der Waals surface area contributed by atoms with Gasteiger partial charge in [0.2, 0.25) is 0 Å². The zero-order valence-electron chi connectivity index (χ0n) is 12.0. The Balaban J connectivity index is 2.14. The third-order valence-corrected chi connectivity index (χ3v) is 4.00. The molecule has 1 aromatic carbocycles. The molecule has 20 heavy (non-hydrogen) atoms. The normalized spacial score (nSPS) is 11.6. The van der Waals surface area contributed by atoms with Gasteiger partial charge in [-0.1, -0.05) is 32.0 Å². The van der Waals surface area contributed by atoms with Crippen LogP contribution in [0.4, 0.5) is 5.69 Å². The molecule has 0 aliphatic rings. The molecule has 1 aromatic heterocycles. The lowest BCUT2D eigenvalue weighted by atomic mass is 10.0. The average molecular weight is 287 g/mol. The molecular weight excluding hydrogens is 266 g/mol. The fourth-order valence-electron chi connectivity index (χ4n) is 2.13. The molecule has 3 nitrogen and oxygen atoms in total. The minimum absolute atomic E-state index is 0.479. The van der Waals surface area contributed by atoms with Gasteiger partial charge in [-0.3, -0.25) is 0 Å². The predicted octanol–water partition coefficient (Wildman–Crippen LogP) is 3.80. The third kappa shape index (κ3) is 3.61. The standard InChI is InChI=1S/C16H21N3S/c1-3-13-6-5-7-14(4-2)15(13)19-16(17)18-10-12-8-9-20-11-12/h5-9,11H,3-4,10H2,1-2H3,(H3,17,18,19). The molecule has 2 aromatic rings. The van der Waals surface area contributed by atoms with Gasteiger partial charge in [-0.25, -0.2) is 4.99 Å². The second kappa shape index (κ2) is 7.10. The topological polar surface area (TPSA) is 50.4 Å². The number of nitrogens with one attached hydrogen (secondary N) is 1. The summed E-state index contributed by atoms with van der Waals surface area (Å²) >= 11 is 1.68. The highest BCUT2D eigenvalue weighted by molar-refractivity contribution is 7.07. The second-order valence-electron chi connectivity index (χ2n) is 4.62. The molecule has 0 radical (unpaired) electrons. The Labute approximate surface area is 124 Å². The summed E-state index contributed by atoms with van der Waals surface area (Å²) in [6, 6.07) is 8.43. The van der Waals surface area contributed by atoms with Crippen LogP contribution in [0.15, 0.2) is 40.0 Å². The molecule has 4 heteroatoms. The summed E-state index contributed by atoms with van der Waals surface area (Å²) in [4.78, 5) is 4.40. The van der Waals surface area contributed by atoms with Gasteiger partial charge in [-0.2, -0.15) is 11.3 Å². The van der Waals surface area contributed by atoms with Crippen molar-refractivity contribution in [1.29, 1.82) is 0 Å². The molecule has 0 amide bonds. The average Bonchev–Trinajstić information content (AvgIpc) is 2.98. The fourth-order valence-corrected chi connectivity index (χ4v) is 2.79. The van der Waals surface area contributed by atoms with E-state index in [4.69, 9.17) is 5.73 Å². The van der Waals surface area contributed by atoms with Crippen molar-refractivity contribution >= 4 is 23.0 Å². The maximum absolute atomic E-state index is 6.01. The van der Waals surface area contributed by atoms with Crippen molar-refractivity contribution in [1.82, 2.24) is 0 Å². The van der Waals surface area contributed by atoms with Crippen molar-refractivity contribution < 1.29 is 0 Å². The SMILES string of the molecule is CCc1cccc(CC)c1NC(N)=NCc1ccsc1. The van der Waals surface area contributed by atoms with E-state index < -0.39 is 0 Å². The van der Waals surface area contributed by atoms with E-state index in [2.05, 4.69) is 59.2 Å². The van der Waals surface area contributed by atoms with E-state index >= 15 is 0 Å². The van der Waals surface area contributed by atoms with Gasteiger partial charge in [0.05, 0.1) is 6.54 Å². The smallest absolute Gasteiger partial charge is 0.193 e. The maximum atomic E-state index is 6.01. The van der Waals surface area contributed by atoms with Gasteiger partial charge in [-0.05, 0) is 46.4 Å². The number of guanidine groups is 1. The van der Waals surface area contributed by atoms with E-state index in [-0.39, 0.29) is 0 Å². The van der Waals surface area contributed by atoms with E-state index in [0.717, 1.165) is 18.5 Å². The van der Waals surface area contributed by atoms with Gasteiger partial charge >= 0.3 is 0 Å². The van der Waals surface area contributed by atoms with Gasteiger partial charge in [0.25, 0.3) is 0 Å². The Kier molecular flexibility index (Phi) is 5.18. The summed E-state index contributed by atoms with van der Waals surface area (Å²) in [6.07, 6.45) is 1.96. The predicted molar refractivity (Wildman–Crippen MR) is 88.5 cm³/mol. The lowest BCUT2D eigenvalue weighted by Gasteiger charge is -2.14. The molecule has 0 saturated carbocycles. The summed E-state index contributed by atoms with van der Waals surface area (Å²) in [5, 5.41) is 7.42. The summed E-state index contributed by atoms with van der Waals surface area (Å²) < 4.78 is 0. The van der Waals surface area contributed by atoms with Crippen LogP contribution in [0.2, 0.25) is 0 Å². The maximum Gasteiger partial charge on any atom is 0.193 e. The monoisotopic (exact) mass is 287 g/mol. The van der Waals surface area contributed by atoms with Gasteiger partial charge < -0.3 is 11.1 Å². The number of nitrogens with zero attached hydrogens (tertiary/aromatic N) is 1.